The number of aromatic nitrogens is 2. The molecule has 0 saturated carbocycles. The van der Waals surface area contributed by atoms with Gasteiger partial charge in [0.15, 0.2) is 5.82 Å². The number of benzene rings is 2. The van der Waals surface area contributed by atoms with Crippen LogP contribution in [0.4, 0.5) is 15.9 Å². The summed E-state index contributed by atoms with van der Waals surface area (Å²) < 4.78 is 21.0. The van der Waals surface area contributed by atoms with Crippen molar-refractivity contribution in [2.75, 3.05) is 26.0 Å². The van der Waals surface area contributed by atoms with Gasteiger partial charge >= 0.3 is 0 Å². The summed E-state index contributed by atoms with van der Waals surface area (Å²) in [6.45, 7) is 6.02. The van der Waals surface area contributed by atoms with Gasteiger partial charge in [0.2, 0.25) is 17.7 Å². The van der Waals surface area contributed by atoms with E-state index < -0.39 is 47.1 Å². The van der Waals surface area contributed by atoms with Gasteiger partial charge in [0.05, 0.1) is 35.4 Å². The highest BCUT2D eigenvalue weighted by Crippen LogP contribution is 2.37. The van der Waals surface area contributed by atoms with Crippen LogP contribution in [0.1, 0.15) is 39.2 Å². The molecule has 11 nitrogen and oxygen atoms in total. The summed E-state index contributed by atoms with van der Waals surface area (Å²) in [4.78, 5) is 48.1. The number of anilines is 2. The second-order valence-corrected chi connectivity index (χ2v) is 12.6. The number of likely N-dealkylation sites (N-methyl/N-ethyl adjacent to an activating group) is 1. The normalized spacial score (nSPS) is 16.3. The minimum atomic E-state index is -1.08. The Morgan fingerprint density at radius 3 is 2.64 bits per heavy atom. The average molecular weight is 693 g/mol. The van der Waals surface area contributed by atoms with Crippen molar-refractivity contribution in [2.45, 2.75) is 58.2 Å². The largest absolute Gasteiger partial charge is 0.496 e. The van der Waals surface area contributed by atoms with Crippen LogP contribution in [0.2, 0.25) is 5.02 Å². The van der Waals surface area contributed by atoms with E-state index in [-0.39, 0.29) is 17.1 Å². The molecule has 1 aliphatic rings. The first-order chi connectivity index (χ1) is 20.9. The Labute approximate surface area is 268 Å². The number of methoxy groups -OCH3 is 1. The smallest absolute Gasteiger partial charge is 0.249 e. The number of carbonyl (C=O) groups excluding carboxylic acids is 3. The van der Waals surface area contributed by atoms with E-state index in [2.05, 4.69) is 52.5 Å². The Bertz CT molecular complexity index is 1570. The monoisotopic (exact) mass is 691 g/mol. The molecule has 2 heterocycles. The number of hydrogen-bond acceptors (Lipinski definition) is 9. The number of fused-ring (bicyclic) bond motifs is 1. The highest BCUT2D eigenvalue weighted by atomic mass is 79.9. The lowest BCUT2D eigenvalue weighted by Gasteiger charge is -2.35. The molecule has 3 aromatic rings. The van der Waals surface area contributed by atoms with Crippen molar-refractivity contribution in [3.63, 3.8) is 0 Å². The minimum absolute atomic E-state index is 0.0707. The highest BCUT2D eigenvalue weighted by molar-refractivity contribution is 9.10. The summed E-state index contributed by atoms with van der Waals surface area (Å²) in [6, 6.07) is 4.55. The summed E-state index contributed by atoms with van der Waals surface area (Å²) in [7, 11) is 3.16. The first-order valence-corrected chi connectivity index (χ1v) is 15.3. The molecule has 236 valence electrons. The molecule has 0 spiro atoms. The van der Waals surface area contributed by atoms with Crippen LogP contribution in [0.3, 0.4) is 0 Å². The maximum absolute atomic E-state index is 14.9. The lowest BCUT2D eigenvalue weighted by atomic mass is 9.77. The Hall–Kier alpha value is -3.39. The van der Waals surface area contributed by atoms with Gasteiger partial charge in [-0.05, 0) is 84.9 Å². The molecule has 1 aliphatic heterocycles. The van der Waals surface area contributed by atoms with Crippen molar-refractivity contribution in [2.24, 2.45) is 5.41 Å². The van der Waals surface area contributed by atoms with Crippen LogP contribution < -0.4 is 31.3 Å². The van der Waals surface area contributed by atoms with Crippen LogP contribution in [-0.2, 0) is 20.8 Å². The molecule has 1 saturated heterocycles. The van der Waals surface area contributed by atoms with Gasteiger partial charge in [-0.2, -0.15) is 0 Å². The van der Waals surface area contributed by atoms with Crippen molar-refractivity contribution in [1.82, 2.24) is 31.2 Å². The third kappa shape index (κ3) is 7.45. The van der Waals surface area contributed by atoms with E-state index in [0.717, 1.165) is 6.42 Å². The number of imide groups is 1. The molecule has 1 fully saturated rings. The summed E-state index contributed by atoms with van der Waals surface area (Å²) in [5, 5.41) is 14.8. The first kappa shape index (κ1) is 33.5. The standard InChI is InChI=1S/C30H36BrClFN7O4/c1-15(34-4)27(41)39-25(29(43)40-28(42)20-7-6-10-35-20)30(2,3)13-16-11-17-21(12-22(16)44-5)36-14-37-26(17)38-19-9-8-18(31)23(32)24(19)33/h8-9,11-12,14-15,20,25,34-35H,6-7,10,13H2,1-5H3,(H,39,41)(H,36,37,38)(H,40,42,43)/t15-,20-,25+/m0/s1. The van der Waals surface area contributed by atoms with Gasteiger partial charge in [0, 0.05) is 15.9 Å². The van der Waals surface area contributed by atoms with Gasteiger partial charge in [0.1, 0.15) is 23.9 Å². The third-order valence-corrected chi connectivity index (χ3v) is 9.01. The summed E-state index contributed by atoms with van der Waals surface area (Å²) in [6.07, 6.45) is 3.04. The Balaban J connectivity index is 1.70. The van der Waals surface area contributed by atoms with Gasteiger partial charge in [-0.25, -0.2) is 14.4 Å². The molecule has 5 N–H and O–H groups in total. The topological polar surface area (TPSA) is 146 Å². The molecule has 2 aromatic carbocycles. The Morgan fingerprint density at radius 2 is 1.98 bits per heavy atom. The summed E-state index contributed by atoms with van der Waals surface area (Å²) >= 11 is 9.31. The van der Waals surface area contributed by atoms with Crippen LogP contribution in [0.25, 0.3) is 10.9 Å². The quantitative estimate of drug-likeness (QED) is 0.188. The fraction of sp³-hybridized carbons (Fsp3) is 0.433. The zero-order valence-corrected chi connectivity index (χ0v) is 27.5. The van der Waals surface area contributed by atoms with Gasteiger partial charge in [-0.3, -0.25) is 19.7 Å². The molecule has 0 aliphatic carbocycles. The van der Waals surface area contributed by atoms with Gasteiger partial charge in [-0.1, -0.05) is 25.4 Å². The van der Waals surface area contributed by atoms with Gasteiger partial charge in [-0.15, -0.1) is 0 Å². The molecular formula is C30H36BrClFN7O4. The van der Waals surface area contributed by atoms with Crippen LogP contribution in [-0.4, -0.2) is 66.5 Å². The van der Waals surface area contributed by atoms with Gasteiger partial charge < -0.3 is 26.0 Å². The number of nitrogens with zero attached hydrogens (tertiary/aromatic N) is 2. The van der Waals surface area contributed by atoms with E-state index >= 15 is 0 Å². The zero-order valence-electron chi connectivity index (χ0n) is 25.1. The second kappa shape index (κ2) is 14.1. The molecule has 3 atom stereocenters. The highest BCUT2D eigenvalue weighted by Gasteiger charge is 2.39. The maximum Gasteiger partial charge on any atom is 0.249 e. The average Bonchev–Trinajstić information content (AvgIpc) is 3.54. The summed E-state index contributed by atoms with van der Waals surface area (Å²) in [5.41, 5.74) is 0.404. The third-order valence-electron chi connectivity index (χ3n) is 7.75. The lowest BCUT2D eigenvalue weighted by molar-refractivity contribution is -0.137. The first-order valence-electron chi connectivity index (χ1n) is 14.1. The van der Waals surface area contributed by atoms with Crippen molar-refractivity contribution in [1.29, 1.82) is 0 Å². The molecule has 14 heteroatoms. The number of amides is 3. The molecule has 3 amide bonds. The van der Waals surface area contributed by atoms with Crippen molar-refractivity contribution in [3.8, 4) is 5.75 Å². The number of halogens is 3. The van der Waals surface area contributed by atoms with E-state index in [0.29, 0.717) is 45.5 Å². The number of rotatable bonds is 11. The van der Waals surface area contributed by atoms with E-state index in [1.165, 1.54) is 19.5 Å². The minimum Gasteiger partial charge on any atom is -0.496 e. The van der Waals surface area contributed by atoms with E-state index in [9.17, 15) is 18.8 Å². The number of nitrogens with one attached hydrogen (secondary N) is 5. The van der Waals surface area contributed by atoms with Crippen LogP contribution in [0.5, 0.6) is 5.75 Å². The number of ether oxygens (including phenoxy) is 1. The second-order valence-electron chi connectivity index (χ2n) is 11.4. The molecule has 0 unspecified atom stereocenters. The molecule has 1 aromatic heterocycles. The van der Waals surface area contributed by atoms with Crippen LogP contribution in [0, 0.1) is 11.2 Å². The number of hydrogen-bond donors (Lipinski definition) is 5. The maximum atomic E-state index is 14.9. The van der Waals surface area contributed by atoms with E-state index in [1.807, 2.05) is 13.8 Å². The SMILES string of the molecule is CN[C@@H](C)C(=O)N[C@H](C(=O)NC(=O)[C@@H]1CCCN1)C(C)(C)Cc1cc2c(Nc3ccc(Br)c(Cl)c3F)ncnc2cc1OC. The molecule has 4 rings (SSSR count). The van der Waals surface area contributed by atoms with Crippen LogP contribution in [0.15, 0.2) is 35.1 Å². The van der Waals surface area contributed by atoms with E-state index in [4.69, 9.17) is 16.3 Å². The summed E-state index contributed by atoms with van der Waals surface area (Å²) in [5.74, 6) is -1.26. The van der Waals surface area contributed by atoms with Crippen molar-refractivity contribution >= 4 is 67.7 Å². The van der Waals surface area contributed by atoms with Crippen LogP contribution >= 0.6 is 27.5 Å². The van der Waals surface area contributed by atoms with Crippen molar-refractivity contribution < 1.29 is 23.5 Å². The van der Waals surface area contributed by atoms with E-state index in [1.54, 1.807) is 32.2 Å². The predicted molar refractivity (Wildman–Crippen MR) is 171 cm³/mol. The molecule has 44 heavy (non-hydrogen) atoms. The molecule has 0 bridgehead atoms. The Kier molecular flexibility index (Phi) is 10.8. The van der Waals surface area contributed by atoms with Crippen molar-refractivity contribution in [3.05, 3.63) is 51.5 Å². The number of carbonyl (C=O) groups is 3. The fourth-order valence-electron chi connectivity index (χ4n) is 5.10. The fourth-order valence-corrected chi connectivity index (χ4v) is 5.57. The zero-order chi connectivity index (χ0) is 32.2. The molecular weight excluding hydrogens is 657 g/mol. The lowest BCUT2D eigenvalue weighted by Crippen LogP contribution is -2.59. The Morgan fingerprint density at radius 1 is 1.23 bits per heavy atom. The van der Waals surface area contributed by atoms with Gasteiger partial charge in [0.25, 0.3) is 0 Å². The predicted octanol–water partition coefficient (Wildman–Crippen LogP) is 3.99. The molecule has 0 radical (unpaired) electrons.